The number of hydrogen-bond acceptors (Lipinski definition) is 6. The number of epoxide rings is 1. The van der Waals surface area contributed by atoms with Gasteiger partial charge in [-0.15, -0.1) is 0 Å². The lowest BCUT2D eigenvalue weighted by atomic mass is 9.47. The van der Waals surface area contributed by atoms with Gasteiger partial charge in [0.25, 0.3) is 5.91 Å². The van der Waals surface area contributed by atoms with Crippen molar-refractivity contribution in [1.29, 1.82) is 0 Å². The van der Waals surface area contributed by atoms with Gasteiger partial charge in [0, 0.05) is 24.7 Å². The van der Waals surface area contributed by atoms with Crippen LogP contribution < -0.4 is 14.8 Å². The Labute approximate surface area is 217 Å². The van der Waals surface area contributed by atoms with Crippen molar-refractivity contribution >= 4 is 5.91 Å². The number of likely N-dealkylation sites (tertiary alicyclic amines) is 1. The van der Waals surface area contributed by atoms with Gasteiger partial charge >= 0.3 is 0 Å². The number of piperidine rings is 1. The molecule has 0 radical (unpaired) electrons. The molecule has 2 spiro atoms. The zero-order chi connectivity index (χ0) is 25.0. The van der Waals surface area contributed by atoms with E-state index in [4.69, 9.17) is 14.2 Å². The minimum absolute atomic E-state index is 0.0567. The fourth-order valence-corrected chi connectivity index (χ4v) is 8.39. The summed E-state index contributed by atoms with van der Waals surface area (Å²) in [5.74, 6) is 2.11. The molecule has 6 aliphatic rings. The first-order valence-electron chi connectivity index (χ1n) is 13.8. The molecule has 0 aromatic heterocycles. The highest BCUT2D eigenvalue weighted by Crippen LogP contribution is 2.70. The number of hydrogen-bond donors (Lipinski definition) is 2. The zero-order valence-corrected chi connectivity index (χ0v) is 21.2. The molecule has 2 aromatic carbocycles. The van der Waals surface area contributed by atoms with Crippen LogP contribution in [0.4, 0.5) is 0 Å². The van der Waals surface area contributed by atoms with E-state index in [9.17, 15) is 9.90 Å². The lowest BCUT2D eigenvalue weighted by Gasteiger charge is -2.64. The molecule has 2 saturated heterocycles. The van der Waals surface area contributed by atoms with E-state index >= 15 is 0 Å². The molecule has 7 nitrogen and oxygen atoms in total. The molecule has 1 unspecified atom stereocenters. The Balaban J connectivity index is 1.17. The van der Waals surface area contributed by atoms with E-state index in [2.05, 4.69) is 16.3 Å². The Morgan fingerprint density at radius 3 is 2.78 bits per heavy atom. The molecule has 3 heterocycles. The molecule has 3 aliphatic heterocycles. The van der Waals surface area contributed by atoms with Gasteiger partial charge in [0.2, 0.25) is 0 Å². The van der Waals surface area contributed by atoms with E-state index in [1.165, 1.54) is 18.4 Å². The quantitative estimate of drug-likeness (QED) is 0.591. The van der Waals surface area contributed by atoms with Crippen LogP contribution in [-0.2, 0) is 27.9 Å². The van der Waals surface area contributed by atoms with E-state index in [1.54, 1.807) is 7.11 Å². The maximum Gasteiger partial charge on any atom is 0.252 e. The van der Waals surface area contributed by atoms with Crippen molar-refractivity contribution in [3.63, 3.8) is 0 Å². The summed E-state index contributed by atoms with van der Waals surface area (Å²) in [6.07, 6.45) is 4.45. The van der Waals surface area contributed by atoms with Gasteiger partial charge in [-0.2, -0.15) is 0 Å². The van der Waals surface area contributed by atoms with Gasteiger partial charge in [-0.1, -0.05) is 36.4 Å². The third-order valence-corrected chi connectivity index (χ3v) is 10.3. The number of ether oxygens (including phenoxy) is 3. The summed E-state index contributed by atoms with van der Waals surface area (Å²) < 4.78 is 18.9. The normalized spacial score (nSPS) is 38.6. The summed E-state index contributed by atoms with van der Waals surface area (Å²) in [6.45, 7) is 2.46. The van der Waals surface area contributed by atoms with Crippen molar-refractivity contribution in [2.75, 3.05) is 20.2 Å². The molecule has 2 aromatic rings. The van der Waals surface area contributed by atoms with Gasteiger partial charge in [-0.3, -0.25) is 9.69 Å². The molecule has 6 atom stereocenters. The second-order valence-electron chi connectivity index (χ2n) is 12.1. The highest BCUT2D eigenvalue weighted by atomic mass is 16.7. The van der Waals surface area contributed by atoms with Crippen LogP contribution in [0.2, 0.25) is 0 Å². The standard InChI is InChI=1S/C30H34N2O5/c1-35-21-10-9-20-15-22-30(34)12-11-29(25(37-29)26(33)31-16-18-5-3-2-4-6-18)27-28(30,23(20)24(21)36-27)13-14-32(22)17-19-7-8-19/h2-6,9-10,19,22,25,27,34H,7-8,11-17H2,1H3,(H,31,33)/t22-,25+,27-,28+,29?,30-/m1/s1. The fraction of sp³-hybridized carbons (Fsp3) is 0.567. The summed E-state index contributed by atoms with van der Waals surface area (Å²) >= 11 is 0. The van der Waals surface area contributed by atoms with E-state index in [-0.39, 0.29) is 11.9 Å². The minimum atomic E-state index is -0.919. The number of carbonyl (C=O) groups is 1. The van der Waals surface area contributed by atoms with Gasteiger partial charge in [0.1, 0.15) is 11.7 Å². The molecule has 2 N–H and O–H groups in total. The van der Waals surface area contributed by atoms with Gasteiger partial charge in [0.15, 0.2) is 17.6 Å². The predicted octanol–water partition coefficient (Wildman–Crippen LogP) is 2.71. The van der Waals surface area contributed by atoms with Gasteiger partial charge in [-0.05, 0) is 68.2 Å². The van der Waals surface area contributed by atoms with Crippen LogP contribution in [0.1, 0.15) is 48.8 Å². The first kappa shape index (κ1) is 22.4. The van der Waals surface area contributed by atoms with Crippen molar-refractivity contribution in [3.05, 3.63) is 59.2 Å². The molecular weight excluding hydrogens is 468 g/mol. The number of carbonyl (C=O) groups excluding carboxylic acids is 1. The van der Waals surface area contributed by atoms with E-state index in [0.717, 1.165) is 48.7 Å². The van der Waals surface area contributed by atoms with Crippen molar-refractivity contribution in [3.8, 4) is 11.5 Å². The number of methoxy groups -OCH3 is 1. The van der Waals surface area contributed by atoms with Crippen molar-refractivity contribution < 1.29 is 24.1 Å². The van der Waals surface area contributed by atoms with Gasteiger partial charge in [0.05, 0.1) is 18.1 Å². The smallest absolute Gasteiger partial charge is 0.252 e. The van der Waals surface area contributed by atoms with Gasteiger partial charge < -0.3 is 24.6 Å². The lowest BCUT2D eigenvalue weighted by molar-refractivity contribution is -0.201. The molecule has 2 saturated carbocycles. The largest absolute Gasteiger partial charge is 0.493 e. The minimum Gasteiger partial charge on any atom is -0.493 e. The number of benzene rings is 2. The van der Waals surface area contributed by atoms with Crippen LogP contribution in [-0.4, -0.2) is 65.6 Å². The second-order valence-corrected chi connectivity index (χ2v) is 12.1. The topological polar surface area (TPSA) is 83.6 Å². The van der Waals surface area contributed by atoms with Crippen LogP contribution in [0.5, 0.6) is 11.5 Å². The highest BCUT2D eigenvalue weighted by molar-refractivity contribution is 5.85. The number of aliphatic hydroxyl groups is 1. The Bertz CT molecular complexity index is 1280. The summed E-state index contributed by atoms with van der Waals surface area (Å²) in [4.78, 5) is 15.9. The summed E-state index contributed by atoms with van der Waals surface area (Å²) in [5, 5.41) is 15.8. The highest BCUT2D eigenvalue weighted by Gasteiger charge is 2.82. The van der Waals surface area contributed by atoms with Crippen LogP contribution in [0, 0.1) is 5.92 Å². The van der Waals surface area contributed by atoms with Crippen molar-refractivity contribution in [2.45, 2.75) is 79.9 Å². The first-order chi connectivity index (χ1) is 18.0. The molecule has 1 amide bonds. The summed E-state index contributed by atoms with van der Waals surface area (Å²) in [6, 6.07) is 14.1. The molecule has 2 bridgehead atoms. The monoisotopic (exact) mass is 502 g/mol. The van der Waals surface area contributed by atoms with Crippen LogP contribution >= 0.6 is 0 Å². The van der Waals surface area contributed by atoms with Crippen molar-refractivity contribution in [1.82, 2.24) is 10.2 Å². The number of rotatable bonds is 6. The third-order valence-electron chi connectivity index (χ3n) is 10.3. The molecule has 4 fully saturated rings. The number of nitrogens with one attached hydrogen (secondary N) is 1. The molecule has 7 heteroatoms. The molecule has 8 rings (SSSR count). The van der Waals surface area contributed by atoms with Crippen molar-refractivity contribution in [2.24, 2.45) is 5.92 Å². The van der Waals surface area contributed by atoms with E-state index in [1.807, 2.05) is 36.4 Å². The second kappa shape index (κ2) is 7.49. The first-order valence-corrected chi connectivity index (χ1v) is 13.8. The Morgan fingerprint density at radius 2 is 2.00 bits per heavy atom. The summed E-state index contributed by atoms with van der Waals surface area (Å²) in [5.41, 5.74) is 1.17. The Kier molecular flexibility index (Phi) is 4.53. The fourth-order valence-electron chi connectivity index (χ4n) is 8.39. The predicted molar refractivity (Wildman–Crippen MR) is 136 cm³/mol. The molecular formula is C30H34N2O5. The van der Waals surface area contributed by atoms with Crippen LogP contribution in [0.15, 0.2) is 42.5 Å². The van der Waals surface area contributed by atoms with Crippen LogP contribution in [0.25, 0.3) is 0 Å². The summed E-state index contributed by atoms with van der Waals surface area (Å²) in [7, 11) is 1.67. The molecule has 3 aliphatic carbocycles. The maximum atomic E-state index is 13.3. The zero-order valence-electron chi connectivity index (χ0n) is 21.2. The number of amides is 1. The average Bonchev–Trinajstić information content (AvgIpc) is 3.83. The molecule has 37 heavy (non-hydrogen) atoms. The van der Waals surface area contributed by atoms with E-state index < -0.39 is 28.8 Å². The average molecular weight is 503 g/mol. The number of nitrogens with zero attached hydrogens (tertiary/aromatic N) is 1. The van der Waals surface area contributed by atoms with E-state index in [0.29, 0.717) is 25.1 Å². The Morgan fingerprint density at radius 1 is 1.16 bits per heavy atom. The lowest BCUT2D eigenvalue weighted by Crippen LogP contribution is -2.78. The number of fused-ring (bicyclic) bond motifs is 1. The Hall–Kier alpha value is -2.61. The maximum absolute atomic E-state index is 13.3. The SMILES string of the molecule is COc1ccc2c3c1O[C@H]1C4(CC[C@@]5(O)[C@@H](C2)N(CC2CC2)CC[C@]315)O[C@H]4C(=O)NCc1ccccc1. The third kappa shape index (κ3) is 2.85. The van der Waals surface area contributed by atoms with Gasteiger partial charge in [-0.25, -0.2) is 0 Å². The molecule has 194 valence electrons. The van der Waals surface area contributed by atoms with Crippen LogP contribution in [0.3, 0.4) is 0 Å².